The summed E-state index contributed by atoms with van der Waals surface area (Å²) in [6.45, 7) is 13.7. The van der Waals surface area contributed by atoms with Crippen LogP contribution in [0.4, 0.5) is 0 Å². The summed E-state index contributed by atoms with van der Waals surface area (Å²) in [5, 5.41) is 0. The predicted molar refractivity (Wildman–Crippen MR) is 132 cm³/mol. The SMILES string of the molecule is C=C(C)C(=O)OC1(C)CCCC1.C=Cc1ccc(OC(C)OCCC2CCCCC2)cc1. The number of carbonyl (C=O) groups is 1. The predicted octanol–water partition coefficient (Wildman–Crippen LogP) is 7.48. The van der Waals surface area contributed by atoms with Crippen molar-refractivity contribution in [3.05, 3.63) is 48.6 Å². The molecular weight excluding hydrogens is 400 g/mol. The smallest absolute Gasteiger partial charge is 0.333 e. The van der Waals surface area contributed by atoms with Crippen molar-refractivity contribution in [1.82, 2.24) is 0 Å². The average molecular weight is 443 g/mol. The highest BCUT2D eigenvalue weighted by Crippen LogP contribution is 2.33. The van der Waals surface area contributed by atoms with E-state index in [0.717, 1.165) is 36.7 Å². The highest BCUT2D eigenvalue weighted by atomic mass is 16.7. The average Bonchev–Trinajstić information content (AvgIpc) is 3.21. The second kappa shape index (κ2) is 13.5. The van der Waals surface area contributed by atoms with Gasteiger partial charge in [0.15, 0.2) is 6.29 Å². The van der Waals surface area contributed by atoms with Crippen LogP contribution in [0.5, 0.6) is 5.75 Å². The minimum Gasteiger partial charge on any atom is -0.465 e. The van der Waals surface area contributed by atoms with Crippen molar-refractivity contribution >= 4 is 12.0 Å². The Hall–Kier alpha value is -2.07. The van der Waals surface area contributed by atoms with Gasteiger partial charge < -0.3 is 14.2 Å². The summed E-state index contributed by atoms with van der Waals surface area (Å²) in [6.07, 6.45) is 14.1. The van der Waals surface area contributed by atoms with E-state index in [-0.39, 0.29) is 17.9 Å². The summed E-state index contributed by atoms with van der Waals surface area (Å²) < 4.78 is 16.8. The first kappa shape index (κ1) is 26.2. The fourth-order valence-electron chi connectivity index (χ4n) is 4.32. The van der Waals surface area contributed by atoms with E-state index < -0.39 is 0 Å². The first-order valence-electron chi connectivity index (χ1n) is 12.2. The van der Waals surface area contributed by atoms with Crippen LogP contribution in [0.2, 0.25) is 0 Å². The number of rotatable bonds is 9. The molecule has 0 bridgehead atoms. The molecule has 2 aliphatic rings. The summed E-state index contributed by atoms with van der Waals surface area (Å²) >= 11 is 0. The van der Waals surface area contributed by atoms with Crippen LogP contribution in [0.25, 0.3) is 6.08 Å². The summed E-state index contributed by atoms with van der Waals surface area (Å²) in [4.78, 5) is 11.2. The molecule has 2 fully saturated rings. The number of esters is 1. The van der Waals surface area contributed by atoms with E-state index in [2.05, 4.69) is 13.2 Å². The van der Waals surface area contributed by atoms with Gasteiger partial charge in [0.25, 0.3) is 0 Å². The Kier molecular flexibility index (Phi) is 11.0. The molecular formula is C28H42O4. The van der Waals surface area contributed by atoms with Crippen molar-refractivity contribution in [1.29, 1.82) is 0 Å². The lowest BCUT2D eigenvalue weighted by Crippen LogP contribution is -2.28. The minimum absolute atomic E-state index is 0.187. The van der Waals surface area contributed by atoms with Crippen molar-refractivity contribution < 1.29 is 19.0 Å². The molecule has 0 aliphatic heterocycles. The van der Waals surface area contributed by atoms with Gasteiger partial charge in [-0.2, -0.15) is 0 Å². The Balaban J connectivity index is 0.000000258. The van der Waals surface area contributed by atoms with Gasteiger partial charge in [-0.15, -0.1) is 0 Å². The van der Waals surface area contributed by atoms with Crippen LogP contribution >= 0.6 is 0 Å². The molecule has 1 aromatic carbocycles. The third-order valence-electron chi connectivity index (χ3n) is 6.37. The van der Waals surface area contributed by atoms with E-state index in [0.29, 0.717) is 5.57 Å². The lowest BCUT2D eigenvalue weighted by Gasteiger charge is -2.23. The molecule has 0 aromatic heterocycles. The van der Waals surface area contributed by atoms with Crippen LogP contribution in [-0.2, 0) is 14.3 Å². The second-order valence-corrected chi connectivity index (χ2v) is 9.45. The third-order valence-corrected chi connectivity index (χ3v) is 6.37. The fourth-order valence-corrected chi connectivity index (χ4v) is 4.32. The first-order valence-corrected chi connectivity index (χ1v) is 12.2. The van der Waals surface area contributed by atoms with Gasteiger partial charge in [-0.05, 0) is 76.5 Å². The maximum Gasteiger partial charge on any atom is 0.333 e. The molecule has 0 radical (unpaired) electrons. The summed E-state index contributed by atoms with van der Waals surface area (Å²) in [5.41, 5.74) is 1.38. The molecule has 2 saturated carbocycles. The molecule has 0 heterocycles. The van der Waals surface area contributed by atoms with Crippen molar-refractivity contribution in [3.8, 4) is 5.75 Å². The van der Waals surface area contributed by atoms with Gasteiger partial charge in [-0.3, -0.25) is 0 Å². The summed E-state index contributed by atoms with van der Waals surface area (Å²) in [7, 11) is 0. The Labute approximate surface area is 195 Å². The molecule has 1 atom stereocenters. The molecule has 0 saturated heterocycles. The molecule has 178 valence electrons. The van der Waals surface area contributed by atoms with Crippen LogP contribution in [0.15, 0.2) is 43.0 Å². The van der Waals surface area contributed by atoms with Gasteiger partial charge in [-0.1, -0.05) is 63.5 Å². The second-order valence-electron chi connectivity index (χ2n) is 9.45. The van der Waals surface area contributed by atoms with Crippen LogP contribution < -0.4 is 4.74 Å². The van der Waals surface area contributed by atoms with Gasteiger partial charge >= 0.3 is 5.97 Å². The van der Waals surface area contributed by atoms with Crippen molar-refractivity contribution in [3.63, 3.8) is 0 Å². The maximum atomic E-state index is 11.2. The Morgan fingerprint density at radius 1 is 1.12 bits per heavy atom. The largest absolute Gasteiger partial charge is 0.465 e. The Bertz CT molecular complexity index is 709. The van der Waals surface area contributed by atoms with Gasteiger partial charge in [0.2, 0.25) is 0 Å². The van der Waals surface area contributed by atoms with E-state index in [1.807, 2.05) is 44.2 Å². The monoisotopic (exact) mass is 442 g/mol. The van der Waals surface area contributed by atoms with Gasteiger partial charge in [-0.25, -0.2) is 4.79 Å². The third kappa shape index (κ3) is 9.60. The van der Waals surface area contributed by atoms with Crippen LogP contribution in [0, 0.1) is 5.92 Å². The highest BCUT2D eigenvalue weighted by Gasteiger charge is 2.32. The fraction of sp³-hybridized carbons (Fsp3) is 0.607. The van der Waals surface area contributed by atoms with Crippen molar-refractivity contribution in [2.45, 2.75) is 96.9 Å². The minimum atomic E-state index is -0.251. The zero-order valence-corrected chi connectivity index (χ0v) is 20.4. The standard InChI is InChI=1S/C18H26O2.C10H16O2/c1-3-16-9-11-18(12-10-16)20-15(2)19-14-13-17-7-5-4-6-8-17;1-8(2)9(11)12-10(3)6-4-5-7-10/h3,9-12,15,17H,1,4-8,13-14H2,2H3;1,4-7H2,2-3H3. The van der Waals surface area contributed by atoms with Crippen LogP contribution in [0.1, 0.15) is 90.5 Å². The van der Waals surface area contributed by atoms with E-state index >= 15 is 0 Å². The van der Waals surface area contributed by atoms with Gasteiger partial charge in [0, 0.05) is 5.57 Å². The lowest BCUT2D eigenvalue weighted by molar-refractivity contribution is -0.152. The molecule has 0 N–H and O–H groups in total. The van der Waals surface area contributed by atoms with Gasteiger partial charge in [0.1, 0.15) is 11.4 Å². The van der Waals surface area contributed by atoms with E-state index in [1.54, 1.807) is 6.92 Å². The number of hydrogen-bond donors (Lipinski definition) is 0. The molecule has 1 aromatic rings. The summed E-state index contributed by atoms with van der Waals surface area (Å²) in [5.74, 6) is 1.46. The molecule has 32 heavy (non-hydrogen) atoms. The van der Waals surface area contributed by atoms with Crippen molar-refractivity contribution in [2.24, 2.45) is 5.92 Å². The van der Waals surface area contributed by atoms with E-state index in [4.69, 9.17) is 14.2 Å². The van der Waals surface area contributed by atoms with Crippen molar-refractivity contribution in [2.75, 3.05) is 6.61 Å². The van der Waals surface area contributed by atoms with Gasteiger partial charge in [0.05, 0.1) is 6.61 Å². The highest BCUT2D eigenvalue weighted by molar-refractivity contribution is 5.87. The normalized spacial score (nSPS) is 18.7. The molecule has 3 rings (SSSR count). The zero-order valence-electron chi connectivity index (χ0n) is 20.4. The number of carbonyl (C=O) groups excluding carboxylic acids is 1. The maximum absolute atomic E-state index is 11.2. The Morgan fingerprint density at radius 2 is 1.75 bits per heavy atom. The number of benzene rings is 1. The Morgan fingerprint density at radius 3 is 2.31 bits per heavy atom. The molecule has 2 aliphatic carbocycles. The topological polar surface area (TPSA) is 44.8 Å². The molecule has 1 unspecified atom stereocenters. The first-order chi connectivity index (χ1) is 15.3. The van der Waals surface area contributed by atoms with E-state index in [9.17, 15) is 4.79 Å². The number of ether oxygens (including phenoxy) is 3. The molecule has 4 nitrogen and oxygen atoms in total. The number of hydrogen-bond acceptors (Lipinski definition) is 4. The molecule has 4 heteroatoms. The van der Waals surface area contributed by atoms with E-state index in [1.165, 1.54) is 51.4 Å². The molecule has 0 spiro atoms. The summed E-state index contributed by atoms with van der Waals surface area (Å²) in [6, 6.07) is 7.91. The molecule has 0 amide bonds. The van der Waals surface area contributed by atoms with Crippen LogP contribution in [0.3, 0.4) is 0 Å². The lowest BCUT2D eigenvalue weighted by atomic mass is 9.87. The quantitative estimate of drug-likeness (QED) is 0.226. The van der Waals surface area contributed by atoms with Crippen LogP contribution in [-0.4, -0.2) is 24.5 Å². The zero-order chi connectivity index (χ0) is 23.4.